The summed E-state index contributed by atoms with van der Waals surface area (Å²) >= 11 is 5.97. The third-order valence-corrected chi connectivity index (χ3v) is 3.74. The summed E-state index contributed by atoms with van der Waals surface area (Å²) in [7, 11) is 0. The minimum absolute atomic E-state index is 0.0714. The number of nitro groups is 1. The van der Waals surface area contributed by atoms with Gasteiger partial charge in [0, 0.05) is 17.5 Å². The van der Waals surface area contributed by atoms with E-state index in [2.05, 4.69) is 5.10 Å². The van der Waals surface area contributed by atoms with Crippen molar-refractivity contribution in [3.8, 4) is 5.69 Å². The van der Waals surface area contributed by atoms with E-state index in [9.17, 15) is 14.9 Å². The zero-order valence-electron chi connectivity index (χ0n) is 10.5. The Morgan fingerprint density at radius 2 is 2.20 bits per heavy atom. The van der Waals surface area contributed by atoms with Crippen LogP contribution in [0.4, 0.5) is 5.69 Å². The Morgan fingerprint density at radius 1 is 1.50 bits per heavy atom. The van der Waals surface area contributed by atoms with Gasteiger partial charge in [-0.2, -0.15) is 4.68 Å². The topological polar surface area (TPSA) is 91.2 Å². The van der Waals surface area contributed by atoms with Crippen LogP contribution in [0.25, 0.3) is 5.69 Å². The van der Waals surface area contributed by atoms with Crippen LogP contribution in [0.2, 0.25) is 5.02 Å². The van der Waals surface area contributed by atoms with Crippen LogP contribution in [-0.2, 0) is 5.41 Å². The molecule has 0 spiro atoms. The van der Waals surface area contributed by atoms with Crippen molar-refractivity contribution in [1.82, 2.24) is 9.78 Å². The highest BCUT2D eigenvalue weighted by Gasteiger charge is 2.44. The molecule has 1 aromatic carbocycles. The van der Waals surface area contributed by atoms with E-state index >= 15 is 0 Å². The van der Waals surface area contributed by atoms with Crippen LogP contribution in [0.1, 0.15) is 25.7 Å². The maximum atomic E-state index is 11.8. The quantitative estimate of drug-likeness (QED) is 0.640. The second-order valence-corrected chi connectivity index (χ2v) is 5.45. The Hall–Kier alpha value is -2.15. The van der Waals surface area contributed by atoms with Crippen molar-refractivity contribution in [3.63, 3.8) is 0 Å². The molecule has 1 aliphatic carbocycles. The molecule has 0 bridgehead atoms. The lowest BCUT2D eigenvalue weighted by atomic mass is 10.1. The van der Waals surface area contributed by atoms with Gasteiger partial charge < -0.3 is 4.42 Å². The van der Waals surface area contributed by atoms with Gasteiger partial charge in [0.15, 0.2) is 0 Å². The van der Waals surface area contributed by atoms with Crippen LogP contribution in [0.5, 0.6) is 0 Å². The highest BCUT2D eigenvalue weighted by Crippen LogP contribution is 2.46. The fourth-order valence-electron chi connectivity index (χ4n) is 1.86. The fraction of sp³-hybridized carbons (Fsp3) is 0.333. The van der Waals surface area contributed by atoms with Gasteiger partial charge in [-0.1, -0.05) is 18.5 Å². The van der Waals surface area contributed by atoms with Crippen molar-refractivity contribution in [2.24, 2.45) is 0 Å². The number of nitrogens with zero attached hydrogens (tertiary/aromatic N) is 3. The van der Waals surface area contributed by atoms with E-state index in [0.717, 1.165) is 17.5 Å². The van der Waals surface area contributed by atoms with E-state index in [1.54, 1.807) is 0 Å². The van der Waals surface area contributed by atoms with Crippen LogP contribution in [0, 0.1) is 10.1 Å². The highest BCUT2D eigenvalue weighted by molar-refractivity contribution is 6.32. The average Bonchev–Trinajstić information content (AvgIpc) is 3.02. The molecule has 0 amide bonds. The summed E-state index contributed by atoms with van der Waals surface area (Å²) in [5, 5.41) is 14.9. The lowest BCUT2D eigenvalue weighted by Gasteiger charge is -2.02. The first-order chi connectivity index (χ1) is 9.40. The lowest BCUT2D eigenvalue weighted by Crippen LogP contribution is -2.14. The smallest absolute Gasteiger partial charge is 0.391 e. The van der Waals surface area contributed by atoms with Gasteiger partial charge in [-0.15, -0.1) is 5.10 Å². The number of rotatable bonds is 3. The number of hydrogen-bond donors (Lipinski definition) is 0. The van der Waals surface area contributed by atoms with Crippen molar-refractivity contribution in [2.75, 3.05) is 0 Å². The van der Waals surface area contributed by atoms with Gasteiger partial charge in [0.05, 0.1) is 15.6 Å². The van der Waals surface area contributed by atoms with Gasteiger partial charge in [-0.25, -0.2) is 4.79 Å². The number of non-ortho nitro benzene ring substituents is 1. The Morgan fingerprint density at radius 3 is 2.75 bits per heavy atom. The second-order valence-electron chi connectivity index (χ2n) is 5.04. The minimum Gasteiger partial charge on any atom is -0.391 e. The first kappa shape index (κ1) is 12.9. The van der Waals surface area contributed by atoms with Gasteiger partial charge in [0.25, 0.3) is 5.69 Å². The molecular weight excluding hydrogens is 286 g/mol. The third-order valence-electron chi connectivity index (χ3n) is 3.43. The zero-order chi connectivity index (χ0) is 14.5. The monoisotopic (exact) mass is 295 g/mol. The normalized spacial score (nSPS) is 16.1. The molecule has 0 atom stereocenters. The largest absolute Gasteiger partial charge is 0.442 e. The van der Waals surface area contributed by atoms with Crippen molar-refractivity contribution >= 4 is 17.3 Å². The Kier molecular flexibility index (Phi) is 2.68. The predicted molar refractivity (Wildman–Crippen MR) is 70.4 cm³/mol. The molecule has 8 heteroatoms. The van der Waals surface area contributed by atoms with Gasteiger partial charge in [-0.3, -0.25) is 10.1 Å². The second kappa shape index (κ2) is 4.17. The van der Waals surface area contributed by atoms with E-state index < -0.39 is 10.7 Å². The molecule has 0 saturated heterocycles. The van der Waals surface area contributed by atoms with Crippen LogP contribution in [0.15, 0.2) is 27.4 Å². The van der Waals surface area contributed by atoms with E-state index in [4.69, 9.17) is 16.0 Å². The van der Waals surface area contributed by atoms with E-state index in [1.165, 1.54) is 18.2 Å². The fourth-order valence-corrected chi connectivity index (χ4v) is 2.11. The molecule has 1 heterocycles. The molecule has 3 rings (SSSR count). The molecule has 0 radical (unpaired) electrons. The van der Waals surface area contributed by atoms with Crippen molar-refractivity contribution < 1.29 is 9.34 Å². The summed E-state index contributed by atoms with van der Waals surface area (Å²) < 4.78 is 6.17. The van der Waals surface area contributed by atoms with E-state index in [1.807, 2.05) is 6.92 Å². The maximum absolute atomic E-state index is 11.8. The third kappa shape index (κ3) is 2.00. The molecule has 0 N–H and O–H groups in total. The first-order valence-electron chi connectivity index (χ1n) is 5.96. The molecule has 1 aliphatic rings. The van der Waals surface area contributed by atoms with Crippen LogP contribution in [-0.4, -0.2) is 14.7 Å². The standard InChI is InChI=1S/C12H10ClN3O4/c1-12(4-5-12)10-14-15(11(17)20-10)9-3-2-7(16(18)19)6-8(9)13/h2-3,6H,4-5H2,1H3. The summed E-state index contributed by atoms with van der Waals surface area (Å²) in [5.41, 5.74) is -0.0660. The molecule has 1 saturated carbocycles. The number of hydrogen-bond acceptors (Lipinski definition) is 5. The Bertz CT molecular complexity index is 760. The molecule has 2 aromatic rings. The van der Waals surface area contributed by atoms with Gasteiger partial charge in [0.2, 0.25) is 5.89 Å². The van der Waals surface area contributed by atoms with Crippen LogP contribution in [0.3, 0.4) is 0 Å². The SMILES string of the molecule is CC1(c2nn(-c3ccc([N+](=O)[O-])cc3Cl)c(=O)o2)CC1. The summed E-state index contributed by atoms with van der Waals surface area (Å²) in [6.45, 7) is 1.96. The van der Waals surface area contributed by atoms with Crippen LogP contribution < -0.4 is 5.76 Å². The molecule has 1 fully saturated rings. The van der Waals surface area contributed by atoms with Gasteiger partial charge >= 0.3 is 5.76 Å². The molecule has 20 heavy (non-hydrogen) atoms. The molecule has 0 aliphatic heterocycles. The summed E-state index contributed by atoms with van der Waals surface area (Å²) in [6.07, 6.45) is 1.84. The van der Waals surface area contributed by atoms with Gasteiger partial charge in [-0.05, 0) is 18.9 Å². The number of halogens is 1. The maximum Gasteiger partial charge on any atom is 0.442 e. The molecule has 0 unspecified atom stereocenters. The molecular formula is C12H10ClN3O4. The number of benzene rings is 1. The van der Waals surface area contributed by atoms with Gasteiger partial charge in [0.1, 0.15) is 0 Å². The van der Waals surface area contributed by atoms with Crippen LogP contribution >= 0.6 is 11.6 Å². The lowest BCUT2D eigenvalue weighted by molar-refractivity contribution is -0.384. The van der Waals surface area contributed by atoms with Crippen molar-refractivity contribution in [2.45, 2.75) is 25.2 Å². The summed E-state index contributed by atoms with van der Waals surface area (Å²) in [4.78, 5) is 21.9. The molecule has 1 aromatic heterocycles. The zero-order valence-corrected chi connectivity index (χ0v) is 11.3. The van der Waals surface area contributed by atoms with Crippen molar-refractivity contribution in [3.05, 3.63) is 49.8 Å². The Balaban J connectivity index is 2.07. The average molecular weight is 296 g/mol. The number of aromatic nitrogens is 2. The summed E-state index contributed by atoms with van der Waals surface area (Å²) in [6, 6.07) is 3.82. The van der Waals surface area contributed by atoms with E-state index in [0.29, 0.717) is 5.89 Å². The Labute approximate surface area is 117 Å². The van der Waals surface area contributed by atoms with Crippen molar-refractivity contribution in [1.29, 1.82) is 0 Å². The first-order valence-corrected chi connectivity index (χ1v) is 6.33. The molecule has 7 nitrogen and oxygen atoms in total. The minimum atomic E-state index is -0.649. The predicted octanol–water partition coefficient (Wildman–Crippen LogP) is 2.44. The number of nitro benzene ring substituents is 1. The highest BCUT2D eigenvalue weighted by atomic mass is 35.5. The van der Waals surface area contributed by atoms with E-state index in [-0.39, 0.29) is 21.8 Å². The summed E-state index contributed by atoms with van der Waals surface area (Å²) in [5.74, 6) is -0.277. The molecule has 104 valence electrons.